The molecule has 88 valence electrons. The fourth-order valence-electron chi connectivity index (χ4n) is 3.05. The first-order chi connectivity index (χ1) is 8.86. The van der Waals surface area contributed by atoms with E-state index in [1.807, 2.05) is 18.5 Å². The average Bonchev–Trinajstić information content (AvgIpc) is 2.73. The van der Waals surface area contributed by atoms with Crippen LogP contribution >= 0.6 is 0 Å². The molecular formula is C15H13N3. The Labute approximate surface area is 106 Å². The Kier molecular flexibility index (Phi) is 1.69. The lowest BCUT2D eigenvalue weighted by atomic mass is 9.65. The number of hydrogen-bond donors (Lipinski definition) is 2. The highest BCUT2D eigenvalue weighted by atomic mass is 15.4. The minimum Gasteiger partial charge on any atom is -0.362 e. The summed E-state index contributed by atoms with van der Waals surface area (Å²) in [5.41, 5.74) is 5.11. The average molecular weight is 235 g/mol. The van der Waals surface area contributed by atoms with Crippen molar-refractivity contribution in [2.75, 3.05) is 5.32 Å². The van der Waals surface area contributed by atoms with Gasteiger partial charge in [-0.25, -0.2) is 0 Å². The molecule has 1 aliphatic carbocycles. The monoisotopic (exact) mass is 235 g/mol. The van der Waals surface area contributed by atoms with Gasteiger partial charge in [-0.3, -0.25) is 5.43 Å². The molecule has 3 heteroatoms. The normalized spacial score (nSPS) is 34.0. The lowest BCUT2D eigenvalue weighted by Gasteiger charge is -2.40. The highest BCUT2D eigenvalue weighted by Gasteiger charge is 2.53. The topological polar surface area (TPSA) is 36.4 Å². The lowest BCUT2D eigenvalue weighted by molar-refractivity contribution is 0.353. The van der Waals surface area contributed by atoms with Gasteiger partial charge in [0, 0.05) is 17.5 Å². The zero-order valence-electron chi connectivity index (χ0n) is 9.80. The van der Waals surface area contributed by atoms with E-state index >= 15 is 0 Å². The second-order valence-electron chi connectivity index (χ2n) is 4.85. The molecule has 3 aliphatic rings. The van der Waals surface area contributed by atoms with Gasteiger partial charge in [-0.05, 0) is 18.3 Å². The number of anilines is 1. The molecule has 2 atom stereocenters. The SMILES string of the molecule is C1=CC23C=CNc4ccccc4C2(C=C1)NN=C3. The summed E-state index contributed by atoms with van der Waals surface area (Å²) in [5, 5.41) is 7.69. The maximum atomic E-state index is 4.34. The minimum absolute atomic E-state index is 0.221. The van der Waals surface area contributed by atoms with Crippen LogP contribution in [0.5, 0.6) is 0 Å². The van der Waals surface area contributed by atoms with Crippen molar-refractivity contribution in [2.45, 2.75) is 5.54 Å². The van der Waals surface area contributed by atoms with E-state index in [0.717, 1.165) is 5.69 Å². The standard InChI is InChI=1S/C15H13N3/c1-2-6-13-12(5-1)15-8-4-3-7-14(15,9-10-16-13)11-17-18-15/h1-11,16,18H. The zero-order chi connectivity index (χ0) is 12.1. The van der Waals surface area contributed by atoms with Crippen molar-refractivity contribution in [1.82, 2.24) is 5.43 Å². The lowest BCUT2D eigenvalue weighted by Crippen LogP contribution is -2.47. The number of nitrogens with zero attached hydrogens (tertiary/aromatic N) is 1. The Morgan fingerprint density at radius 1 is 1.00 bits per heavy atom. The van der Waals surface area contributed by atoms with Gasteiger partial charge in [-0.2, -0.15) is 5.10 Å². The quantitative estimate of drug-likeness (QED) is 0.725. The first-order valence-electron chi connectivity index (χ1n) is 6.09. The van der Waals surface area contributed by atoms with Gasteiger partial charge in [0.2, 0.25) is 0 Å². The summed E-state index contributed by atoms with van der Waals surface area (Å²) in [5.74, 6) is 0. The van der Waals surface area contributed by atoms with Crippen LogP contribution in [-0.4, -0.2) is 6.21 Å². The molecule has 2 N–H and O–H groups in total. The Morgan fingerprint density at radius 3 is 2.89 bits per heavy atom. The van der Waals surface area contributed by atoms with Gasteiger partial charge in [0.25, 0.3) is 0 Å². The molecule has 3 nitrogen and oxygen atoms in total. The summed E-state index contributed by atoms with van der Waals surface area (Å²) < 4.78 is 0. The fraction of sp³-hybridized carbons (Fsp3) is 0.133. The maximum absolute atomic E-state index is 4.34. The summed E-state index contributed by atoms with van der Waals surface area (Å²) in [6, 6.07) is 8.35. The van der Waals surface area contributed by atoms with E-state index in [2.05, 4.69) is 64.4 Å². The molecule has 1 aromatic carbocycles. The van der Waals surface area contributed by atoms with Crippen LogP contribution in [0.4, 0.5) is 5.69 Å². The van der Waals surface area contributed by atoms with Gasteiger partial charge in [0.05, 0.1) is 5.41 Å². The molecule has 0 aromatic heterocycles. The fourth-order valence-corrected chi connectivity index (χ4v) is 3.05. The minimum atomic E-state index is -0.307. The number of hydrazone groups is 1. The molecule has 0 fully saturated rings. The number of fused-ring (bicyclic) bond motifs is 1. The molecule has 18 heavy (non-hydrogen) atoms. The van der Waals surface area contributed by atoms with Crippen molar-refractivity contribution < 1.29 is 0 Å². The summed E-state index contributed by atoms with van der Waals surface area (Å²) in [6.45, 7) is 0. The smallest absolute Gasteiger partial charge is 0.118 e. The summed E-state index contributed by atoms with van der Waals surface area (Å²) in [4.78, 5) is 0. The molecule has 0 saturated carbocycles. The number of allylic oxidation sites excluding steroid dienone is 2. The molecule has 2 aliphatic heterocycles. The predicted octanol–water partition coefficient (Wildman–Crippen LogP) is 2.52. The molecule has 0 amide bonds. The van der Waals surface area contributed by atoms with Gasteiger partial charge in [-0.1, -0.05) is 42.5 Å². The first kappa shape index (κ1) is 9.71. The Hall–Kier alpha value is -2.29. The molecular weight excluding hydrogens is 222 g/mol. The van der Waals surface area contributed by atoms with Gasteiger partial charge in [-0.15, -0.1) is 0 Å². The Balaban J connectivity index is 2.07. The van der Waals surface area contributed by atoms with Crippen LogP contribution in [-0.2, 0) is 5.54 Å². The molecule has 0 saturated heterocycles. The summed E-state index contributed by atoms with van der Waals surface area (Å²) in [7, 11) is 0. The van der Waals surface area contributed by atoms with Crippen LogP contribution in [0.25, 0.3) is 0 Å². The van der Waals surface area contributed by atoms with Crippen LogP contribution in [0.2, 0.25) is 0 Å². The molecule has 2 unspecified atom stereocenters. The molecule has 2 heterocycles. The van der Waals surface area contributed by atoms with E-state index in [-0.39, 0.29) is 11.0 Å². The van der Waals surface area contributed by atoms with Crippen molar-refractivity contribution in [2.24, 2.45) is 10.5 Å². The van der Waals surface area contributed by atoms with E-state index in [0.29, 0.717) is 0 Å². The summed E-state index contributed by atoms with van der Waals surface area (Å²) >= 11 is 0. The molecule has 1 aromatic rings. The van der Waals surface area contributed by atoms with Crippen molar-refractivity contribution in [3.63, 3.8) is 0 Å². The number of benzene rings is 1. The first-order valence-corrected chi connectivity index (χ1v) is 6.09. The highest BCUT2D eigenvalue weighted by molar-refractivity contribution is 5.82. The number of para-hydroxylation sites is 1. The van der Waals surface area contributed by atoms with E-state index in [9.17, 15) is 0 Å². The van der Waals surface area contributed by atoms with E-state index in [4.69, 9.17) is 0 Å². The van der Waals surface area contributed by atoms with E-state index in [1.165, 1.54) is 5.56 Å². The number of rotatable bonds is 0. The largest absolute Gasteiger partial charge is 0.362 e. The molecule has 0 bridgehead atoms. The van der Waals surface area contributed by atoms with Crippen LogP contribution in [0.3, 0.4) is 0 Å². The zero-order valence-corrected chi connectivity index (χ0v) is 9.80. The number of nitrogens with one attached hydrogen (secondary N) is 2. The Bertz CT molecular complexity index is 626. The second kappa shape index (κ2) is 3.13. The van der Waals surface area contributed by atoms with Crippen molar-refractivity contribution in [3.8, 4) is 0 Å². The molecule has 4 rings (SSSR count). The Morgan fingerprint density at radius 2 is 1.89 bits per heavy atom. The van der Waals surface area contributed by atoms with Crippen molar-refractivity contribution in [3.05, 3.63) is 66.4 Å². The van der Waals surface area contributed by atoms with Gasteiger partial charge in [0.15, 0.2) is 0 Å². The van der Waals surface area contributed by atoms with Crippen LogP contribution in [0.1, 0.15) is 5.56 Å². The maximum Gasteiger partial charge on any atom is 0.118 e. The predicted molar refractivity (Wildman–Crippen MR) is 73.2 cm³/mol. The third kappa shape index (κ3) is 0.973. The molecule has 0 spiro atoms. The van der Waals surface area contributed by atoms with Crippen molar-refractivity contribution in [1.29, 1.82) is 0 Å². The number of hydrogen-bond acceptors (Lipinski definition) is 3. The van der Waals surface area contributed by atoms with Gasteiger partial charge < -0.3 is 5.32 Å². The highest BCUT2D eigenvalue weighted by Crippen LogP contribution is 2.50. The van der Waals surface area contributed by atoms with Crippen LogP contribution in [0.15, 0.2) is 65.9 Å². The van der Waals surface area contributed by atoms with Gasteiger partial charge in [0.1, 0.15) is 5.54 Å². The summed E-state index contributed by atoms with van der Waals surface area (Å²) in [6.07, 6.45) is 14.7. The van der Waals surface area contributed by atoms with E-state index < -0.39 is 0 Å². The second-order valence-corrected chi connectivity index (χ2v) is 4.85. The van der Waals surface area contributed by atoms with Crippen LogP contribution in [0, 0.1) is 5.41 Å². The van der Waals surface area contributed by atoms with Gasteiger partial charge >= 0.3 is 0 Å². The third-order valence-corrected chi connectivity index (χ3v) is 3.98. The van der Waals surface area contributed by atoms with Crippen LogP contribution < -0.4 is 10.7 Å². The molecule has 0 radical (unpaired) electrons. The van der Waals surface area contributed by atoms with E-state index in [1.54, 1.807) is 0 Å². The third-order valence-electron chi connectivity index (χ3n) is 3.98. The van der Waals surface area contributed by atoms with Crippen molar-refractivity contribution >= 4 is 11.9 Å².